The molecular weight excluding hydrogens is 265 g/mol. The number of halogens is 3. The SMILES string of the molecule is N#Cc1cc(-c2cnsc2)c(O)c(C(F)(F)F)c1. The second-order valence-electron chi connectivity index (χ2n) is 3.44. The van der Waals surface area contributed by atoms with Crippen molar-refractivity contribution in [1.82, 2.24) is 4.37 Å². The highest BCUT2D eigenvalue weighted by Gasteiger charge is 2.35. The van der Waals surface area contributed by atoms with Gasteiger partial charge in [0.15, 0.2) is 0 Å². The molecular formula is C11H5F3N2OS. The largest absolute Gasteiger partial charge is 0.507 e. The third-order valence-corrected chi connectivity index (χ3v) is 2.87. The van der Waals surface area contributed by atoms with E-state index < -0.39 is 17.5 Å². The molecule has 1 aromatic carbocycles. The van der Waals surface area contributed by atoms with Gasteiger partial charge in [0.25, 0.3) is 0 Å². The van der Waals surface area contributed by atoms with Crippen LogP contribution in [0, 0.1) is 11.3 Å². The molecule has 0 aliphatic carbocycles. The van der Waals surface area contributed by atoms with Gasteiger partial charge in [-0.15, -0.1) is 0 Å². The van der Waals surface area contributed by atoms with E-state index in [4.69, 9.17) is 5.26 Å². The summed E-state index contributed by atoms with van der Waals surface area (Å²) in [6.45, 7) is 0. The summed E-state index contributed by atoms with van der Waals surface area (Å²) >= 11 is 1.04. The van der Waals surface area contributed by atoms with E-state index >= 15 is 0 Å². The number of nitriles is 1. The van der Waals surface area contributed by atoms with E-state index in [1.165, 1.54) is 17.6 Å². The Morgan fingerprint density at radius 3 is 2.56 bits per heavy atom. The van der Waals surface area contributed by atoms with Crippen LogP contribution < -0.4 is 0 Å². The molecule has 0 bridgehead atoms. The normalized spacial score (nSPS) is 11.2. The average molecular weight is 270 g/mol. The second kappa shape index (κ2) is 4.31. The van der Waals surface area contributed by atoms with Crippen molar-refractivity contribution in [2.45, 2.75) is 6.18 Å². The first-order chi connectivity index (χ1) is 8.43. The lowest BCUT2D eigenvalue weighted by atomic mass is 10.0. The van der Waals surface area contributed by atoms with Crippen molar-refractivity contribution in [2.75, 3.05) is 0 Å². The Morgan fingerprint density at radius 2 is 2.06 bits per heavy atom. The number of aromatic nitrogens is 1. The molecule has 0 saturated heterocycles. The van der Waals surface area contributed by atoms with E-state index in [1.54, 1.807) is 6.07 Å². The van der Waals surface area contributed by atoms with Crippen LogP contribution in [0.4, 0.5) is 13.2 Å². The van der Waals surface area contributed by atoms with E-state index in [0.717, 1.165) is 11.5 Å². The quantitative estimate of drug-likeness (QED) is 0.863. The molecule has 7 heteroatoms. The maximum Gasteiger partial charge on any atom is 0.420 e. The van der Waals surface area contributed by atoms with Crippen molar-refractivity contribution in [3.05, 3.63) is 34.8 Å². The summed E-state index contributed by atoms with van der Waals surface area (Å²) in [4.78, 5) is 0. The summed E-state index contributed by atoms with van der Waals surface area (Å²) < 4.78 is 41.9. The minimum absolute atomic E-state index is 0.0462. The predicted molar refractivity (Wildman–Crippen MR) is 58.9 cm³/mol. The van der Waals surface area contributed by atoms with E-state index in [9.17, 15) is 18.3 Å². The molecule has 3 nitrogen and oxygen atoms in total. The van der Waals surface area contributed by atoms with Gasteiger partial charge in [0, 0.05) is 22.7 Å². The Labute approximate surface area is 104 Å². The van der Waals surface area contributed by atoms with Crippen molar-refractivity contribution in [2.24, 2.45) is 0 Å². The molecule has 18 heavy (non-hydrogen) atoms. The lowest BCUT2D eigenvalue weighted by Crippen LogP contribution is -2.06. The number of hydrogen-bond acceptors (Lipinski definition) is 4. The van der Waals surface area contributed by atoms with Crippen LogP contribution in [-0.4, -0.2) is 9.48 Å². The lowest BCUT2D eigenvalue weighted by molar-refractivity contribution is -0.138. The first kappa shape index (κ1) is 12.4. The minimum Gasteiger partial charge on any atom is -0.507 e. The Hall–Kier alpha value is -2.07. The van der Waals surface area contributed by atoms with Gasteiger partial charge in [0.05, 0.1) is 17.2 Å². The molecule has 0 aliphatic rings. The number of rotatable bonds is 1. The summed E-state index contributed by atoms with van der Waals surface area (Å²) in [6.07, 6.45) is -3.38. The fourth-order valence-corrected chi connectivity index (χ4v) is 2.01. The molecule has 0 radical (unpaired) electrons. The highest BCUT2D eigenvalue weighted by Crippen LogP contribution is 2.42. The maximum atomic E-state index is 12.7. The predicted octanol–water partition coefficient (Wildman–Crippen LogP) is 3.41. The van der Waals surface area contributed by atoms with Gasteiger partial charge in [-0.3, -0.25) is 0 Å². The molecule has 0 unspecified atom stereocenters. The summed E-state index contributed by atoms with van der Waals surface area (Å²) in [5.41, 5.74) is -1.08. The third kappa shape index (κ3) is 2.15. The van der Waals surface area contributed by atoms with Crippen molar-refractivity contribution in [1.29, 1.82) is 5.26 Å². The number of phenolic OH excluding ortho intramolecular Hbond substituents is 1. The van der Waals surface area contributed by atoms with Gasteiger partial charge in [-0.1, -0.05) is 0 Å². The van der Waals surface area contributed by atoms with Gasteiger partial charge in [-0.2, -0.15) is 18.4 Å². The van der Waals surface area contributed by atoms with Crippen LogP contribution in [0.15, 0.2) is 23.7 Å². The van der Waals surface area contributed by atoms with Gasteiger partial charge in [-0.25, -0.2) is 4.37 Å². The standard InChI is InChI=1S/C11H5F3N2OS/c12-11(13,14)9-2-6(3-15)1-8(10(9)17)7-4-16-18-5-7/h1-2,4-5,17H. The summed E-state index contributed by atoms with van der Waals surface area (Å²) in [5, 5.41) is 19.9. The minimum atomic E-state index is -4.71. The van der Waals surface area contributed by atoms with Gasteiger partial charge in [0.2, 0.25) is 0 Å². The molecule has 0 fully saturated rings. The third-order valence-electron chi connectivity index (χ3n) is 2.29. The monoisotopic (exact) mass is 270 g/mol. The number of benzene rings is 1. The van der Waals surface area contributed by atoms with Crippen LogP contribution in [0.5, 0.6) is 5.75 Å². The molecule has 1 N–H and O–H groups in total. The highest BCUT2D eigenvalue weighted by molar-refractivity contribution is 7.03. The molecule has 0 amide bonds. The highest BCUT2D eigenvalue weighted by atomic mass is 32.1. The Kier molecular flexibility index (Phi) is 2.97. The van der Waals surface area contributed by atoms with Crippen LogP contribution in [-0.2, 0) is 6.18 Å². The van der Waals surface area contributed by atoms with Gasteiger partial charge >= 0.3 is 6.18 Å². The Morgan fingerprint density at radius 1 is 1.33 bits per heavy atom. The molecule has 0 aliphatic heterocycles. The number of hydrogen-bond donors (Lipinski definition) is 1. The second-order valence-corrected chi connectivity index (χ2v) is 4.10. The summed E-state index contributed by atoms with van der Waals surface area (Å²) in [6, 6.07) is 3.47. The topological polar surface area (TPSA) is 56.9 Å². The zero-order chi connectivity index (χ0) is 13.3. The number of phenols is 1. The molecule has 0 saturated carbocycles. The van der Waals surface area contributed by atoms with Gasteiger partial charge < -0.3 is 5.11 Å². The van der Waals surface area contributed by atoms with Crippen molar-refractivity contribution in [3.63, 3.8) is 0 Å². The summed E-state index contributed by atoms with van der Waals surface area (Å²) in [7, 11) is 0. The molecule has 0 spiro atoms. The van der Waals surface area contributed by atoms with E-state index in [-0.39, 0.29) is 11.1 Å². The molecule has 2 rings (SSSR count). The van der Waals surface area contributed by atoms with Crippen molar-refractivity contribution < 1.29 is 18.3 Å². The molecule has 2 aromatic rings. The van der Waals surface area contributed by atoms with Crippen LogP contribution in [0.2, 0.25) is 0 Å². The van der Waals surface area contributed by atoms with Gasteiger partial charge in [-0.05, 0) is 23.7 Å². The zero-order valence-electron chi connectivity index (χ0n) is 8.69. The zero-order valence-corrected chi connectivity index (χ0v) is 9.51. The number of nitrogens with zero attached hydrogens (tertiary/aromatic N) is 2. The number of alkyl halides is 3. The first-order valence-corrected chi connectivity index (χ1v) is 5.51. The summed E-state index contributed by atoms with van der Waals surface area (Å²) in [5.74, 6) is -0.887. The first-order valence-electron chi connectivity index (χ1n) is 4.67. The number of aromatic hydroxyl groups is 1. The fraction of sp³-hybridized carbons (Fsp3) is 0.0909. The Balaban J connectivity index is 2.72. The lowest BCUT2D eigenvalue weighted by Gasteiger charge is -2.12. The van der Waals surface area contributed by atoms with E-state index in [2.05, 4.69) is 4.37 Å². The van der Waals surface area contributed by atoms with Crippen LogP contribution in [0.1, 0.15) is 11.1 Å². The van der Waals surface area contributed by atoms with Crippen LogP contribution >= 0.6 is 11.5 Å². The molecule has 1 aromatic heterocycles. The van der Waals surface area contributed by atoms with Crippen molar-refractivity contribution >= 4 is 11.5 Å². The Bertz CT molecular complexity index is 614. The average Bonchev–Trinajstić information content (AvgIpc) is 2.81. The fourth-order valence-electron chi connectivity index (χ4n) is 1.47. The smallest absolute Gasteiger partial charge is 0.420 e. The van der Waals surface area contributed by atoms with Crippen LogP contribution in [0.3, 0.4) is 0 Å². The van der Waals surface area contributed by atoms with Gasteiger partial charge in [0.1, 0.15) is 5.75 Å². The molecule has 1 heterocycles. The molecule has 0 atom stereocenters. The maximum absolute atomic E-state index is 12.7. The van der Waals surface area contributed by atoms with Crippen LogP contribution in [0.25, 0.3) is 11.1 Å². The van der Waals surface area contributed by atoms with E-state index in [0.29, 0.717) is 11.6 Å². The van der Waals surface area contributed by atoms with Crippen molar-refractivity contribution in [3.8, 4) is 22.9 Å². The van der Waals surface area contributed by atoms with E-state index in [1.807, 2.05) is 0 Å². The molecule has 92 valence electrons.